The Kier molecular flexibility index (Phi) is 3.91. The minimum atomic E-state index is -3.83. The Labute approximate surface area is 114 Å². The number of nitrogens with one attached hydrogen (secondary N) is 2. The van der Waals surface area contributed by atoms with Crippen LogP contribution in [-0.4, -0.2) is 38.6 Å². The van der Waals surface area contributed by atoms with Gasteiger partial charge in [-0.3, -0.25) is 9.59 Å². The summed E-state index contributed by atoms with van der Waals surface area (Å²) in [5, 5.41) is 11.0. The number of sulfonamides is 1. The van der Waals surface area contributed by atoms with Crippen molar-refractivity contribution in [2.24, 2.45) is 0 Å². The number of hydrogen-bond donors (Lipinski definition) is 3. The van der Waals surface area contributed by atoms with Crippen molar-refractivity contribution >= 4 is 27.6 Å². The van der Waals surface area contributed by atoms with Crippen LogP contribution < -0.4 is 14.8 Å². The summed E-state index contributed by atoms with van der Waals surface area (Å²) in [4.78, 5) is 21.4. The molecule has 0 aliphatic carbocycles. The number of anilines is 1. The minimum absolute atomic E-state index is 0.0764. The molecule has 0 unspecified atom stereocenters. The number of hydrogen-bond acceptors (Lipinski definition) is 5. The van der Waals surface area contributed by atoms with Crippen molar-refractivity contribution in [3.05, 3.63) is 18.2 Å². The average molecular weight is 300 g/mol. The molecule has 1 aliphatic heterocycles. The largest absolute Gasteiger partial charge is 0.482 e. The Morgan fingerprint density at radius 2 is 2.20 bits per heavy atom. The van der Waals surface area contributed by atoms with Gasteiger partial charge in [-0.25, -0.2) is 13.1 Å². The second kappa shape index (κ2) is 5.47. The summed E-state index contributed by atoms with van der Waals surface area (Å²) in [6.45, 7) is -0.326. The van der Waals surface area contributed by atoms with Gasteiger partial charge in [-0.15, -0.1) is 0 Å². The van der Waals surface area contributed by atoms with Crippen molar-refractivity contribution in [1.29, 1.82) is 0 Å². The lowest BCUT2D eigenvalue weighted by Crippen LogP contribution is -2.28. The molecule has 1 aromatic carbocycles. The van der Waals surface area contributed by atoms with Gasteiger partial charge < -0.3 is 15.2 Å². The zero-order valence-corrected chi connectivity index (χ0v) is 11.1. The summed E-state index contributed by atoms with van der Waals surface area (Å²) in [6, 6.07) is 4.01. The van der Waals surface area contributed by atoms with Gasteiger partial charge in [-0.05, 0) is 18.2 Å². The van der Waals surface area contributed by atoms with Crippen molar-refractivity contribution in [1.82, 2.24) is 4.72 Å². The third-order valence-electron chi connectivity index (χ3n) is 2.53. The highest BCUT2D eigenvalue weighted by molar-refractivity contribution is 7.89. The minimum Gasteiger partial charge on any atom is -0.482 e. The van der Waals surface area contributed by atoms with Crippen LogP contribution in [0.3, 0.4) is 0 Å². The van der Waals surface area contributed by atoms with E-state index >= 15 is 0 Å². The number of carbonyl (C=O) groups is 2. The molecule has 0 saturated heterocycles. The first-order valence-corrected chi connectivity index (χ1v) is 7.15. The fraction of sp³-hybridized carbons (Fsp3) is 0.273. The van der Waals surface area contributed by atoms with Gasteiger partial charge >= 0.3 is 5.97 Å². The van der Waals surface area contributed by atoms with E-state index in [4.69, 9.17) is 9.84 Å². The lowest BCUT2D eigenvalue weighted by atomic mass is 10.2. The summed E-state index contributed by atoms with van der Waals surface area (Å²) in [5.41, 5.74) is 0.266. The van der Waals surface area contributed by atoms with Crippen molar-refractivity contribution in [3.63, 3.8) is 0 Å². The van der Waals surface area contributed by atoms with E-state index in [0.717, 1.165) is 0 Å². The molecule has 2 rings (SSSR count). The van der Waals surface area contributed by atoms with Crippen molar-refractivity contribution in [2.45, 2.75) is 11.3 Å². The Balaban J connectivity index is 2.18. The van der Waals surface area contributed by atoms with E-state index < -0.39 is 16.0 Å². The maximum Gasteiger partial charge on any atom is 0.304 e. The molecule has 20 heavy (non-hydrogen) atoms. The van der Waals surface area contributed by atoms with Crippen LogP contribution in [0.15, 0.2) is 23.1 Å². The van der Waals surface area contributed by atoms with Gasteiger partial charge in [-0.2, -0.15) is 0 Å². The molecule has 0 aromatic heterocycles. The maximum atomic E-state index is 11.9. The van der Waals surface area contributed by atoms with Crippen LogP contribution in [0.4, 0.5) is 5.69 Å². The molecule has 3 N–H and O–H groups in total. The zero-order chi connectivity index (χ0) is 14.8. The van der Waals surface area contributed by atoms with Gasteiger partial charge in [0.1, 0.15) is 5.75 Å². The topological polar surface area (TPSA) is 122 Å². The Morgan fingerprint density at radius 3 is 2.90 bits per heavy atom. The van der Waals surface area contributed by atoms with Gasteiger partial charge in [0, 0.05) is 6.54 Å². The van der Waals surface area contributed by atoms with Crippen LogP contribution >= 0.6 is 0 Å². The van der Waals surface area contributed by atoms with Crippen molar-refractivity contribution in [2.75, 3.05) is 18.5 Å². The van der Waals surface area contributed by atoms with E-state index in [-0.39, 0.29) is 36.1 Å². The number of aliphatic carboxylic acids is 1. The first-order chi connectivity index (χ1) is 9.38. The van der Waals surface area contributed by atoms with Crippen LogP contribution in [0.5, 0.6) is 5.75 Å². The summed E-state index contributed by atoms with van der Waals surface area (Å²) in [5.74, 6) is -1.08. The molecule has 1 aliphatic rings. The molecular formula is C11H12N2O6S. The third-order valence-corrected chi connectivity index (χ3v) is 3.98. The number of carboxylic acid groups (broad SMARTS) is 1. The highest BCUT2D eigenvalue weighted by Gasteiger charge is 2.20. The average Bonchev–Trinajstić information content (AvgIpc) is 2.37. The number of fused-ring (bicyclic) bond motifs is 1. The summed E-state index contributed by atoms with van der Waals surface area (Å²) >= 11 is 0. The summed E-state index contributed by atoms with van der Waals surface area (Å²) in [7, 11) is -3.83. The monoisotopic (exact) mass is 300 g/mol. The Hall–Kier alpha value is -2.13. The molecule has 1 amide bonds. The predicted molar refractivity (Wildman–Crippen MR) is 68.0 cm³/mol. The van der Waals surface area contributed by atoms with E-state index in [2.05, 4.69) is 10.0 Å². The van der Waals surface area contributed by atoms with Gasteiger partial charge in [0.25, 0.3) is 5.91 Å². The Bertz CT molecular complexity index is 655. The molecule has 0 fully saturated rings. The van der Waals surface area contributed by atoms with Gasteiger partial charge in [0.2, 0.25) is 10.0 Å². The molecule has 0 spiro atoms. The van der Waals surface area contributed by atoms with E-state index in [1.165, 1.54) is 18.2 Å². The van der Waals surface area contributed by atoms with Crippen molar-refractivity contribution < 1.29 is 27.9 Å². The second-order valence-electron chi connectivity index (χ2n) is 4.04. The quantitative estimate of drug-likeness (QED) is 0.690. The number of rotatable bonds is 5. The fourth-order valence-electron chi connectivity index (χ4n) is 1.61. The highest BCUT2D eigenvalue weighted by Crippen LogP contribution is 2.29. The fourth-order valence-corrected chi connectivity index (χ4v) is 2.66. The normalized spacial score (nSPS) is 14.1. The maximum absolute atomic E-state index is 11.9. The van der Waals surface area contributed by atoms with E-state index in [9.17, 15) is 18.0 Å². The van der Waals surface area contributed by atoms with Gasteiger partial charge in [-0.1, -0.05) is 0 Å². The first-order valence-electron chi connectivity index (χ1n) is 5.66. The molecule has 9 heteroatoms. The molecule has 1 heterocycles. The first kappa shape index (κ1) is 14.3. The smallest absolute Gasteiger partial charge is 0.304 e. The summed E-state index contributed by atoms with van der Waals surface area (Å²) in [6.07, 6.45) is -0.315. The van der Waals surface area contributed by atoms with Crippen molar-refractivity contribution in [3.8, 4) is 5.75 Å². The lowest BCUT2D eigenvalue weighted by Gasteiger charge is -2.18. The standard InChI is InChI=1S/C11H12N2O6S/c14-10-6-19-9-2-1-7(5-8(9)13-10)20(17,18)12-4-3-11(15)16/h1-2,5,12H,3-4,6H2,(H,13,14)(H,15,16). The van der Waals surface area contributed by atoms with Crippen LogP contribution in [0.25, 0.3) is 0 Å². The van der Waals surface area contributed by atoms with E-state index in [0.29, 0.717) is 5.75 Å². The van der Waals surface area contributed by atoms with E-state index in [1.54, 1.807) is 0 Å². The molecule has 108 valence electrons. The SMILES string of the molecule is O=C(O)CCNS(=O)(=O)c1ccc2c(c1)NC(=O)CO2. The molecule has 0 radical (unpaired) electrons. The van der Waals surface area contributed by atoms with Crippen LogP contribution in [0.1, 0.15) is 6.42 Å². The number of carbonyl (C=O) groups excluding carboxylic acids is 1. The zero-order valence-electron chi connectivity index (χ0n) is 10.3. The van der Waals surface area contributed by atoms with E-state index in [1.807, 2.05) is 0 Å². The van der Waals surface area contributed by atoms with Crippen LogP contribution in [-0.2, 0) is 19.6 Å². The highest BCUT2D eigenvalue weighted by atomic mass is 32.2. The number of ether oxygens (including phenoxy) is 1. The second-order valence-corrected chi connectivity index (χ2v) is 5.80. The Morgan fingerprint density at radius 1 is 1.45 bits per heavy atom. The lowest BCUT2D eigenvalue weighted by molar-refractivity contribution is -0.136. The molecular weight excluding hydrogens is 288 g/mol. The molecule has 0 saturated carbocycles. The number of carboxylic acids is 1. The van der Waals surface area contributed by atoms with Crippen LogP contribution in [0, 0.1) is 0 Å². The molecule has 1 aromatic rings. The molecule has 0 bridgehead atoms. The molecule has 0 atom stereocenters. The van der Waals surface area contributed by atoms with Gasteiger partial charge in [0.15, 0.2) is 6.61 Å². The summed E-state index contributed by atoms with van der Waals surface area (Å²) < 4.78 is 31.1. The van der Waals surface area contributed by atoms with Crippen LogP contribution in [0.2, 0.25) is 0 Å². The number of benzene rings is 1. The third kappa shape index (κ3) is 3.25. The number of amides is 1. The molecule has 8 nitrogen and oxygen atoms in total. The van der Waals surface area contributed by atoms with Gasteiger partial charge in [0.05, 0.1) is 17.0 Å². The predicted octanol–water partition coefficient (Wildman–Crippen LogP) is -0.229.